The van der Waals surface area contributed by atoms with Crippen LogP contribution in [0.3, 0.4) is 0 Å². The minimum Gasteiger partial charge on any atom is -0.406 e. The molecule has 0 atom stereocenters. The van der Waals surface area contributed by atoms with Gasteiger partial charge in [0, 0.05) is 36.2 Å². The van der Waals surface area contributed by atoms with Crippen molar-refractivity contribution in [3.63, 3.8) is 0 Å². The van der Waals surface area contributed by atoms with Crippen LogP contribution in [-0.4, -0.2) is 38.8 Å². The second-order valence-electron chi connectivity index (χ2n) is 7.98. The molecule has 0 bridgehead atoms. The van der Waals surface area contributed by atoms with Crippen LogP contribution in [0.25, 0.3) is 0 Å². The van der Waals surface area contributed by atoms with E-state index in [9.17, 15) is 13.2 Å². The monoisotopic (exact) mass is 500 g/mol. The van der Waals surface area contributed by atoms with Crippen molar-refractivity contribution in [3.8, 4) is 5.75 Å². The fourth-order valence-electron chi connectivity index (χ4n) is 3.75. The Labute approximate surface area is 206 Å². The van der Waals surface area contributed by atoms with Gasteiger partial charge >= 0.3 is 6.36 Å². The Hall–Kier alpha value is -3.73. The van der Waals surface area contributed by atoms with Crippen molar-refractivity contribution in [3.05, 3.63) is 77.1 Å². The zero-order valence-electron chi connectivity index (χ0n) is 19.1. The number of nitrogens with one attached hydrogen (secondary N) is 2. The van der Waals surface area contributed by atoms with Gasteiger partial charge in [0.15, 0.2) is 0 Å². The lowest BCUT2D eigenvalue weighted by Gasteiger charge is -2.31. The average molecular weight is 501 g/mol. The Morgan fingerprint density at radius 1 is 1.00 bits per heavy atom. The topological polar surface area (TPSA) is 74.7 Å². The fraction of sp³-hybridized carbons (Fsp3) is 0.250. The summed E-state index contributed by atoms with van der Waals surface area (Å²) in [5.74, 6) is 0.456. The van der Waals surface area contributed by atoms with Gasteiger partial charge in [-0.3, -0.25) is 5.32 Å². The maximum atomic E-state index is 12.6. The molecule has 4 rings (SSSR count). The first kappa shape index (κ1) is 24.4. The molecule has 0 saturated heterocycles. The number of aliphatic imine (C=N–C) groups is 1. The number of alkyl halides is 3. The summed E-state index contributed by atoms with van der Waals surface area (Å²) in [4.78, 5) is 15.4. The van der Waals surface area contributed by atoms with Crippen molar-refractivity contribution in [1.29, 1.82) is 0 Å². The number of aromatic nitrogens is 2. The molecule has 11 heteroatoms. The van der Waals surface area contributed by atoms with E-state index in [1.807, 2.05) is 36.9 Å². The van der Waals surface area contributed by atoms with Crippen LogP contribution >= 0.6 is 12.2 Å². The standard InChI is InChI=1S/C24H23F3N6OS/c1-15-12-16(2)29-21(28-15)31-22(33-11-10-17-6-3-4-7-18(17)14-33)32-23(35)30-19-8-5-9-20(13-19)34-24(25,26)27/h3-9,12-13H,10-11,14H2,1-2H3,(H2,28,29,30,31,32,35). The van der Waals surface area contributed by atoms with E-state index in [0.717, 1.165) is 17.8 Å². The maximum Gasteiger partial charge on any atom is 0.573 e. The lowest BCUT2D eigenvalue weighted by atomic mass is 10.0. The number of aryl methyl sites for hydroxylation is 2. The predicted octanol–water partition coefficient (Wildman–Crippen LogP) is 5.22. The average Bonchev–Trinajstić information content (AvgIpc) is 2.76. The Bertz CT molecular complexity index is 1240. The van der Waals surface area contributed by atoms with Crippen molar-refractivity contribution < 1.29 is 17.9 Å². The first-order valence-electron chi connectivity index (χ1n) is 10.8. The number of hydrogen-bond donors (Lipinski definition) is 2. The van der Waals surface area contributed by atoms with Gasteiger partial charge in [0.05, 0.1) is 0 Å². The molecule has 1 aliphatic heterocycles. The maximum absolute atomic E-state index is 12.6. The van der Waals surface area contributed by atoms with Crippen molar-refractivity contribution in [2.24, 2.45) is 4.99 Å². The smallest absolute Gasteiger partial charge is 0.406 e. The largest absolute Gasteiger partial charge is 0.573 e. The summed E-state index contributed by atoms with van der Waals surface area (Å²) >= 11 is 5.41. The SMILES string of the molecule is Cc1cc(C)nc(N/C(=N/C(=S)Nc2cccc(OC(F)(F)F)c2)N2CCc3ccccc3C2)n1. The highest BCUT2D eigenvalue weighted by Crippen LogP contribution is 2.25. The Balaban J connectivity index is 1.58. The third-order valence-corrected chi connectivity index (χ3v) is 5.36. The third-order valence-electron chi connectivity index (χ3n) is 5.16. The predicted molar refractivity (Wildman–Crippen MR) is 132 cm³/mol. The quantitative estimate of drug-likeness (QED) is 0.290. The van der Waals surface area contributed by atoms with E-state index >= 15 is 0 Å². The molecule has 1 aromatic heterocycles. The minimum absolute atomic E-state index is 0.0555. The van der Waals surface area contributed by atoms with Gasteiger partial charge in [0.25, 0.3) is 0 Å². The number of rotatable bonds is 3. The number of hydrogen-bond acceptors (Lipinski definition) is 4. The Morgan fingerprint density at radius 2 is 1.71 bits per heavy atom. The van der Waals surface area contributed by atoms with E-state index in [4.69, 9.17) is 12.2 Å². The molecule has 2 heterocycles. The first-order chi connectivity index (χ1) is 16.6. The molecule has 0 amide bonds. The van der Waals surface area contributed by atoms with Gasteiger partial charge in [-0.05, 0) is 61.8 Å². The minimum atomic E-state index is -4.79. The summed E-state index contributed by atoms with van der Waals surface area (Å²) in [6, 6.07) is 15.4. The summed E-state index contributed by atoms with van der Waals surface area (Å²) in [5, 5.41) is 6.08. The zero-order valence-corrected chi connectivity index (χ0v) is 19.9. The summed E-state index contributed by atoms with van der Waals surface area (Å²) in [6.07, 6.45) is -3.97. The fourth-order valence-corrected chi connectivity index (χ4v) is 3.96. The van der Waals surface area contributed by atoms with E-state index < -0.39 is 6.36 Å². The molecule has 35 heavy (non-hydrogen) atoms. The number of guanidine groups is 1. The van der Waals surface area contributed by atoms with Crippen molar-refractivity contribution >= 4 is 34.9 Å². The number of benzene rings is 2. The normalized spacial score (nSPS) is 13.7. The molecule has 7 nitrogen and oxygen atoms in total. The molecule has 2 N–H and O–H groups in total. The molecule has 0 spiro atoms. The molecule has 0 unspecified atom stereocenters. The number of halogens is 3. The molecule has 3 aromatic rings. The van der Waals surface area contributed by atoms with Gasteiger partial charge in [-0.1, -0.05) is 30.3 Å². The lowest BCUT2D eigenvalue weighted by Crippen LogP contribution is -2.41. The van der Waals surface area contributed by atoms with Crippen molar-refractivity contribution in [1.82, 2.24) is 14.9 Å². The Kier molecular flexibility index (Phi) is 7.15. The summed E-state index contributed by atoms with van der Waals surface area (Å²) < 4.78 is 41.7. The van der Waals surface area contributed by atoms with Gasteiger partial charge in [-0.2, -0.15) is 4.99 Å². The molecule has 2 aromatic carbocycles. The molecule has 0 radical (unpaired) electrons. The van der Waals surface area contributed by atoms with E-state index in [0.29, 0.717) is 30.7 Å². The molecule has 1 aliphatic rings. The van der Waals surface area contributed by atoms with Crippen molar-refractivity contribution in [2.45, 2.75) is 33.2 Å². The van der Waals surface area contributed by atoms with Gasteiger partial charge in [0.2, 0.25) is 17.0 Å². The van der Waals surface area contributed by atoms with E-state index in [1.54, 1.807) is 6.07 Å². The van der Waals surface area contributed by atoms with Gasteiger partial charge in [0.1, 0.15) is 5.75 Å². The highest BCUT2D eigenvalue weighted by atomic mass is 32.1. The van der Waals surface area contributed by atoms with E-state index in [-0.39, 0.29) is 10.9 Å². The number of thiocarbonyl (C=S) groups is 1. The van der Waals surface area contributed by atoms with Crippen LogP contribution in [0, 0.1) is 13.8 Å². The summed E-state index contributed by atoms with van der Waals surface area (Å²) in [5.41, 5.74) is 4.35. The van der Waals surface area contributed by atoms with Gasteiger partial charge in [-0.25, -0.2) is 9.97 Å². The molecular weight excluding hydrogens is 477 g/mol. The zero-order chi connectivity index (χ0) is 25.0. The first-order valence-corrected chi connectivity index (χ1v) is 11.2. The van der Waals surface area contributed by atoms with Crippen LogP contribution in [0.4, 0.5) is 24.8 Å². The highest BCUT2D eigenvalue weighted by molar-refractivity contribution is 7.80. The molecule has 0 aliphatic carbocycles. The number of fused-ring (bicyclic) bond motifs is 1. The van der Waals surface area contributed by atoms with Crippen LogP contribution in [0.1, 0.15) is 22.5 Å². The highest BCUT2D eigenvalue weighted by Gasteiger charge is 2.31. The second-order valence-corrected chi connectivity index (χ2v) is 8.37. The van der Waals surface area contributed by atoms with E-state index in [1.165, 1.54) is 29.3 Å². The number of nitrogens with zero attached hydrogens (tertiary/aromatic N) is 4. The second kappa shape index (κ2) is 10.3. The molecule has 0 fully saturated rings. The van der Waals surface area contributed by atoms with Crippen molar-refractivity contribution in [2.75, 3.05) is 17.2 Å². The van der Waals surface area contributed by atoms with Crippen LogP contribution in [0.2, 0.25) is 0 Å². The lowest BCUT2D eigenvalue weighted by molar-refractivity contribution is -0.274. The number of ether oxygens (including phenoxy) is 1. The van der Waals surface area contributed by atoms with Gasteiger partial charge < -0.3 is 15.0 Å². The van der Waals surface area contributed by atoms with Crippen LogP contribution in [0.5, 0.6) is 5.75 Å². The number of anilines is 2. The Morgan fingerprint density at radius 3 is 2.43 bits per heavy atom. The molecule has 0 saturated carbocycles. The van der Waals surface area contributed by atoms with Gasteiger partial charge in [-0.15, -0.1) is 13.2 Å². The summed E-state index contributed by atoms with van der Waals surface area (Å²) in [6.45, 7) is 5.03. The summed E-state index contributed by atoms with van der Waals surface area (Å²) in [7, 11) is 0. The molecular formula is C24H23F3N6OS. The van der Waals surface area contributed by atoms with Crippen LogP contribution < -0.4 is 15.4 Å². The van der Waals surface area contributed by atoms with E-state index in [2.05, 4.69) is 42.5 Å². The molecule has 182 valence electrons. The van der Waals surface area contributed by atoms with Crippen LogP contribution in [-0.2, 0) is 13.0 Å². The van der Waals surface area contributed by atoms with Crippen LogP contribution in [0.15, 0.2) is 59.6 Å². The third kappa shape index (κ3) is 6.89.